The van der Waals surface area contributed by atoms with Crippen molar-refractivity contribution in [3.8, 4) is 0 Å². The number of thiazole rings is 1. The van der Waals surface area contributed by atoms with E-state index in [0.717, 1.165) is 16.8 Å². The highest BCUT2D eigenvalue weighted by Crippen LogP contribution is 2.29. The summed E-state index contributed by atoms with van der Waals surface area (Å²) >= 11 is 1.53. The van der Waals surface area contributed by atoms with Gasteiger partial charge in [0.05, 0.1) is 10.2 Å². The molecule has 0 fully saturated rings. The minimum atomic E-state index is -0.119. The van der Waals surface area contributed by atoms with Crippen molar-refractivity contribution in [1.29, 1.82) is 0 Å². The maximum atomic E-state index is 12.8. The number of hydrogen-bond acceptors (Lipinski definition) is 5. The molecule has 2 heterocycles. The zero-order valence-electron chi connectivity index (χ0n) is 13.8. The lowest BCUT2D eigenvalue weighted by Crippen LogP contribution is -2.37. The molecule has 0 spiro atoms. The summed E-state index contributed by atoms with van der Waals surface area (Å²) < 4.78 is 2.71. The molecule has 0 N–H and O–H groups in total. The van der Waals surface area contributed by atoms with E-state index in [2.05, 4.69) is 10.1 Å². The molecule has 0 saturated carbocycles. The van der Waals surface area contributed by atoms with Gasteiger partial charge < -0.3 is 4.90 Å². The number of carbonyl (C=O) groups excluding carboxylic acids is 1. The lowest BCUT2D eigenvalue weighted by atomic mass is 10.3. The number of anilines is 1. The number of aryl methyl sites for hydroxylation is 1. The van der Waals surface area contributed by atoms with E-state index in [1.165, 1.54) is 11.3 Å². The molecule has 0 atom stereocenters. The van der Waals surface area contributed by atoms with Gasteiger partial charge in [-0.2, -0.15) is 5.10 Å². The lowest BCUT2D eigenvalue weighted by Gasteiger charge is -2.21. The van der Waals surface area contributed by atoms with Gasteiger partial charge in [0.25, 0.3) is 5.91 Å². The van der Waals surface area contributed by atoms with Crippen LogP contribution < -0.4 is 4.90 Å². The molecule has 0 aliphatic heterocycles. The van der Waals surface area contributed by atoms with E-state index in [-0.39, 0.29) is 18.3 Å². The molecule has 0 aliphatic rings. The highest BCUT2D eigenvalue weighted by molar-refractivity contribution is 7.22. The highest BCUT2D eigenvalue weighted by atomic mass is 35.5. The summed E-state index contributed by atoms with van der Waals surface area (Å²) in [5, 5.41) is 4.94. The van der Waals surface area contributed by atoms with Crippen molar-refractivity contribution in [3.63, 3.8) is 0 Å². The average molecular weight is 366 g/mol. The van der Waals surface area contributed by atoms with Crippen LogP contribution in [-0.2, 0) is 7.05 Å². The maximum absolute atomic E-state index is 12.8. The molecule has 24 heavy (non-hydrogen) atoms. The minimum Gasteiger partial charge on any atom is -0.308 e. The normalized spacial score (nSPS) is 10.8. The van der Waals surface area contributed by atoms with Crippen LogP contribution in [-0.4, -0.2) is 52.8 Å². The predicted molar refractivity (Wildman–Crippen MR) is 100 cm³/mol. The smallest absolute Gasteiger partial charge is 0.280 e. The second-order valence-electron chi connectivity index (χ2n) is 5.60. The third kappa shape index (κ3) is 3.92. The summed E-state index contributed by atoms with van der Waals surface area (Å²) in [4.78, 5) is 21.2. The number of rotatable bonds is 5. The summed E-state index contributed by atoms with van der Waals surface area (Å²) in [5.74, 6) is -0.119. The van der Waals surface area contributed by atoms with Crippen LogP contribution in [0.5, 0.6) is 0 Å². The molecule has 0 aliphatic carbocycles. The zero-order chi connectivity index (χ0) is 16.4. The second-order valence-corrected chi connectivity index (χ2v) is 6.61. The van der Waals surface area contributed by atoms with Gasteiger partial charge in [-0.05, 0) is 32.3 Å². The fourth-order valence-corrected chi connectivity index (χ4v) is 3.22. The fourth-order valence-electron chi connectivity index (χ4n) is 2.23. The Hall–Kier alpha value is -1.96. The number of fused-ring (bicyclic) bond motifs is 1. The average Bonchev–Trinajstić information content (AvgIpc) is 3.12. The van der Waals surface area contributed by atoms with Crippen LogP contribution >= 0.6 is 23.7 Å². The van der Waals surface area contributed by atoms with E-state index in [4.69, 9.17) is 0 Å². The Bertz CT molecular complexity index is 796. The molecule has 1 aromatic carbocycles. The molecule has 3 rings (SSSR count). The van der Waals surface area contributed by atoms with Gasteiger partial charge in [-0.3, -0.25) is 14.4 Å². The van der Waals surface area contributed by atoms with Gasteiger partial charge in [-0.15, -0.1) is 12.4 Å². The van der Waals surface area contributed by atoms with Crippen LogP contribution in [0, 0.1) is 0 Å². The zero-order valence-corrected chi connectivity index (χ0v) is 15.5. The monoisotopic (exact) mass is 365 g/mol. The topological polar surface area (TPSA) is 54.3 Å². The molecular formula is C16H20ClN5OS. The Kier molecular flexibility index (Phi) is 5.93. The van der Waals surface area contributed by atoms with Crippen LogP contribution in [0.25, 0.3) is 10.2 Å². The van der Waals surface area contributed by atoms with Gasteiger partial charge in [0.1, 0.15) is 0 Å². The summed E-state index contributed by atoms with van der Waals surface area (Å²) in [7, 11) is 5.78. The summed E-state index contributed by atoms with van der Waals surface area (Å²) in [6, 6.07) is 9.65. The molecule has 0 radical (unpaired) electrons. The van der Waals surface area contributed by atoms with Crippen molar-refractivity contribution in [3.05, 3.63) is 42.2 Å². The van der Waals surface area contributed by atoms with Crippen LogP contribution in [0.1, 0.15) is 10.5 Å². The van der Waals surface area contributed by atoms with Crippen molar-refractivity contribution in [1.82, 2.24) is 19.7 Å². The number of nitrogens with zero attached hydrogens (tertiary/aromatic N) is 5. The molecule has 0 bridgehead atoms. The molecule has 0 unspecified atom stereocenters. The first-order chi connectivity index (χ1) is 11.0. The number of para-hydroxylation sites is 1. The quantitative estimate of drug-likeness (QED) is 0.697. The second kappa shape index (κ2) is 7.74. The summed E-state index contributed by atoms with van der Waals surface area (Å²) in [5.41, 5.74) is 1.35. The Morgan fingerprint density at radius 1 is 1.21 bits per heavy atom. The molecule has 8 heteroatoms. The third-order valence-corrected chi connectivity index (χ3v) is 4.52. The van der Waals surface area contributed by atoms with E-state index >= 15 is 0 Å². The molecule has 2 aromatic heterocycles. The van der Waals surface area contributed by atoms with E-state index < -0.39 is 0 Å². The Balaban J connectivity index is 0.00000208. The van der Waals surface area contributed by atoms with Crippen LogP contribution in [0.3, 0.4) is 0 Å². The van der Waals surface area contributed by atoms with E-state index in [0.29, 0.717) is 17.4 Å². The molecule has 1 amide bonds. The summed E-state index contributed by atoms with van der Waals surface area (Å²) in [6.07, 6.45) is 1.77. The number of amides is 1. The molecular weight excluding hydrogens is 346 g/mol. The van der Waals surface area contributed by atoms with Crippen molar-refractivity contribution < 1.29 is 4.79 Å². The maximum Gasteiger partial charge on any atom is 0.280 e. The van der Waals surface area contributed by atoms with Gasteiger partial charge in [-0.1, -0.05) is 23.5 Å². The lowest BCUT2D eigenvalue weighted by molar-refractivity contribution is 0.0979. The Morgan fingerprint density at radius 3 is 2.58 bits per heavy atom. The van der Waals surface area contributed by atoms with E-state index in [1.54, 1.807) is 28.9 Å². The van der Waals surface area contributed by atoms with Gasteiger partial charge in [0.15, 0.2) is 10.8 Å². The van der Waals surface area contributed by atoms with Crippen LogP contribution in [0.2, 0.25) is 0 Å². The van der Waals surface area contributed by atoms with E-state index in [1.807, 2.05) is 43.3 Å². The fraction of sp³-hybridized carbons (Fsp3) is 0.312. The first-order valence-electron chi connectivity index (χ1n) is 7.36. The molecule has 0 saturated heterocycles. The molecule has 3 aromatic rings. The van der Waals surface area contributed by atoms with Crippen LogP contribution in [0.15, 0.2) is 36.5 Å². The summed E-state index contributed by atoms with van der Waals surface area (Å²) in [6.45, 7) is 1.33. The van der Waals surface area contributed by atoms with Gasteiger partial charge in [0.2, 0.25) is 0 Å². The Morgan fingerprint density at radius 2 is 1.96 bits per heavy atom. The Labute approximate surface area is 151 Å². The van der Waals surface area contributed by atoms with Crippen LogP contribution in [0.4, 0.5) is 5.13 Å². The number of halogens is 1. The molecule has 128 valence electrons. The van der Waals surface area contributed by atoms with Gasteiger partial charge >= 0.3 is 0 Å². The van der Waals surface area contributed by atoms with Crippen molar-refractivity contribution >= 4 is 45.0 Å². The SMILES string of the molecule is CN(C)CCN(C(=O)c1ccn(C)n1)c1nc2ccccc2s1.Cl. The van der Waals surface area contributed by atoms with Gasteiger partial charge in [-0.25, -0.2) is 4.98 Å². The van der Waals surface area contributed by atoms with Crippen molar-refractivity contribution in [2.75, 3.05) is 32.1 Å². The van der Waals surface area contributed by atoms with Crippen molar-refractivity contribution in [2.24, 2.45) is 7.05 Å². The number of aromatic nitrogens is 3. The number of carbonyl (C=O) groups is 1. The van der Waals surface area contributed by atoms with Gasteiger partial charge in [0, 0.05) is 26.3 Å². The number of benzene rings is 1. The number of likely N-dealkylation sites (N-methyl/N-ethyl adjacent to an activating group) is 1. The number of hydrogen-bond donors (Lipinski definition) is 0. The first kappa shape index (κ1) is 18.4. The standard InChI is InChI=1S/C16H19N5OS.ClH/c1-19(2)10-11-21(15(22)13-8-9-20(3)18-13)16-17-12-6-4-5-7-14(12)23-16;/h4-9H,10-11H2,1-3H3;1H. The minimum absolute atomic E-state index is 0. The van der Waals surface area contributed by atoms with E-state index in [9.17, 15) is 4.79 Å². The largest absolute Gasteiger partial charge is 0.308 e. The van der Waals surface area contributed by atoms with Crippen molar-refractivity contribution in [2.45, 2.75) is 0 Å². The first-order valence-corrected chi connectivity index (χ1v) is 8.18. The molecule has 6 nitrogen and oxygen atoms in total. The highest BCUT2D eigenvalue weighted by Gasteiger charge is 2.23. The third-order valence-electron chi connectivity index (χ3n) is 3.46. The predicted octanol–water partition coefficient (Wildman–Crippen LogP) is 2.66.